The summed E-state index contributed by atoms with van der Waals surface area (Å²) in [4.78, 5) is 23.2. The van der Waals surface area contributed by atoms with Crippen LogP contribution in [-0.2, 0) is 17.8 Å². The maximum Gasteiger partial charge on any atom is 0.263 e. The van der Waals surface area contributed by atoms with E-state index in [1.54, 1.807) is 22.7 Å². The van der Waals surface area contributed by atoms with Crippen LogP contribution in [0.1, 0.15) is 44.9 Å². The van der Waals surface area contributed by atoms with E-state index in [1.807, 2.05) is 10.6 Å². The molecule has 0 aliphatic carbocycles. The Morgan fingerprint density at radius 3 is 2.80 bits per heavy atom. The fourth-order valence-electron chi connectivity index (χ4n) is 4.56. The van der Waals surface area contributed by atoms with Crippen LogP contribution in [0.5, 0.6) is 0 Å². The fourth-order valence-corrected chi connectivity index (χ4v) is 6.33. The van der Waals surface area contributed by atoms with Gasteiger partial charge in [-0.2, -0.15) is 0 Å². The molecule has 0 bridgehead atoms. The predicted molar refractivity (Wildman–Crippen MR) is 124 cm³/mol. The van der Waals surface area contributed by atoms with Gasteiger partial charge in [-0.1, -0.05) is 13.0 Å². The second kappa shape index (κ2) is 8.91. The molecule has 3 aromatic heterocycles. The number of ether oxygens (including phenoxy) is 1. The second-order valence-corrected chi connectivity index (χ2v) is 10.5. The molecule has 1 atom stereocenters. The van der Waals surface area contributed by atoms with Crippen molar-refractivity contribution in [3.8, 4) is 10.4 Å². The van der Waals surface area contributed by atoms with Crippen LogP contribution in [0, 0.1) is 5.92 Å². The van der Waals surface area contributed by atoms with Gasteiger partial charge >= 0.3 is 0 Å². The van der Waals surface area contributed by atoms with Crippen molar-refractivity contribution in [3.05, 3.63) is 39.1 Å². The molecule has 0 saturated carbocycles. The molecular weight excluding hydrogens is 414 g/mol. The zero-order chi connectivity index (χ0) is 20.5. The number of likely N-dealkylation sites (tertiary alicyclic amines) is 1. The predicted octanol–water partition coefficient (Wildman–Crippen LogP) is 4.99. The molecule has 2 aliphatic heterocycles. The lowest BCUT2D eigenvalue weighted by Gasteiger charge is -2.31. The smallest absolute Gasteiger partial charge is 0.263 e. The van der Waals surface area contributed by atoms with Crippen molar-refractivity contribution in [2.24, 2.45) is 5.92 Å². The molecule has 0 spiro atoms. The number of hydrogen-bond acceptors (Lipinski definition) is 6. The highest BCUT2D eigenvalue weighted by Crippen LogP contribution is 2.34. The molecule has 30 heavy (non-hydrogen) atoms. The van der Waals surface area contributed by atoms with E-state index in [1.165, 1.54) is 19.3 Å². The fraction of sp³-hybridized carbons (Fsp3) is 0.565. The molecule has 2 fully saturated rings. The summed E-state index contributed by atoms with van der Waals surface area (Å²) in [5.41, 5.74) is 1.12. The molecule has 160 valence electrons. The first-order valence-electron chi connectivity index (χ1n) is 11.1. The van der Waals surface area contributed by atoms with Crippen molar-refractivity contribution in [3.63, 3.8) is 0 Å². The average Bonchev–Trinajstić information content (AvgIpc) is 3.43. The summed E-state index contributed by atoms with van der Waals surface area (Å²) in [6.07, 6.45) is 5.87. The van der Waals surface area contributed by atoms with Crippen LogP contribution in [0.4, 0.5) is 0 Å². The van der Waals surface area contributed by atoms with Gasteiger partial charge in [0.1, 0.15) is 10.7 Å². The summed E-state index contributed by atoms with van der Waals surface area (Å²) in [5, 5.41) is 4.93. The Labute approximate surface area is 185 Å². The SMILES string of the molecule is CC1CCN(Cc2nc3scc(-c4cccs4)c3c(=O)n2C[C@@H]2CCCCO2)CC1. The van der Waals surface area contributed by atoms with Crippen LogP contribution in [0.2, 0.25) is 0 Å². The molecule has 2 aliphatic rings. The van der Waals surface area contributed by atoms with E-state index in [0.717, 1.165) is 71.5 Å². The topological polar surface area (TPSA) is 47.4 Å². The van der Waals surface area contributed by atoms with Gasteiger partial charge in [0.15, 0.2) is 0 Å². The van der Waals surface area contributed by atoms with Gasteiger partial charge in [0.25, 0.3) is 5.56 Å². The van der Waals surface area contributed by atoms with Crippen LogP contribution in [0.25, 0.3) is 20.7 Å². The van der Waals surface area contributed by atoms with E-state index in [4.69, 9.17) is 9.72 Å². The molecule has 0 amide bonds. The maximum atomic E-state index is 13.8. The lowest BCUT2D eigenvalue weighted by Crippen LogP contribution is -2.38. The number of fused-ring (bicyclic) bond motifs is 1. The van der Waals surface area contributed by atoms with Crippen LogP contribution < -0.4 is 5.56 Å². The van der Waals surface area contributed by atoms with Gasteiger partial charge in [0.05, 0.1) is 24.6 Å². The van der Waals surface area contributed by atoms with Gasteiger partial charge in [-0.25, -0.2) is 4.98 Å². The molecule has 2 saturated heterocycles. The quantitative estimate of drug-likeness (QED) is 0.557. The van der Waals surface area contributed by atoms with E-state index < -0.39 is 0 Å². The summed E-state index contributed by atoms with van der Waals surface area (Å²) in [6, 6.07) is 4.13. The van der Waals surface area contributed by atoms with Crippen molar-refractivity contribution in [1.29, 1.82) is 0 Å². The second-order valence-electron chi connectivity index (χ2n) is 8.70. The molecular formula is C23H29N3O2S2. The summed E-state index contributed by atoms with van der Waals surface area (Å²) >= 11 is 3.27. The number of rotatable bonds is 5. The van der Waals surface area contributed by atoms with Crippen LogP contribution >= 0.6 is 22.7 Å². The van der Waals surface area contributed by atoms with Crippen LogP contribution in [-0.4, -0.2) is 40.3 Å². The molecule has 0 N–H and O–H groups in total. The Morgan fingerprint density at radius 2 is 2.07 bits per heavy atom. The first kappa shape index (κ1) is 20.4. The Kier molecular flexibility index (Phi) is 6.05. The average molecular weight is 444 g/mol. The summed E-state index contributed by atoms with van der Waals surface area (Å²) in [6.45, 7) is 6.65. The number of nitrogens with zero attached hydrogens (tertiary/aromatic N) is 3. The molecule has 7 heteroatoms. The largest absolute Gasteiger partial charge is 0.376 e. The van der Waals surface area contributed by atoms with Gasteiger partial charge in [-0.3, -0.25) is 14.3 Å². The molecule has 0 unspecified atom stereocenters. The highest BCUT2D eigenvalue weighted by molar-refractivity contribution is 7.18. The minimum Gasteiger partial charge on any atom is -0.376 e. The number of thiophene rings is 2. The van der Waals surface area contributed by atoms with Crippen LogP contribution in [0.15, 0.2) is 27.7 Å². The summed E-state index contributed by atoms with van der Waals surface area (Å²) in [7, 11) is 0. The molecule has 0 radical (unpaired) electrons. The molecule has 5 rings (SSSR count). The number of aromatic nitrogens is 2. The lowest BCUT2D eigenvalue weighted by molar-refractivity contribution is 0.00441. The Bertz CT molecular complexity index is 1040. The highest BCUT2D eigenvalue weighted by atomic mass is 32.1. The zero-order valence-corrected chi connectivity index (χ0v) is 19.1. The standard InChI is InChI=1S/C23H29N3O2S2/c1-16-7-9-25(10-8-16)14-20-24-22-21(18(15-30-22)19-6-4-12-29-19)23(27)26(20)13-17-5-2-3-11-28-17/h4,6,12,15-17H,2-3,5,7-11,13-14H2,1H3/t17-/m0/s1. The van der Waals surface area contributed by atoms with E-state index >= 15 is 0 Å². The normalized spacial score (nSPS) is 21.4. The third-order valence-corrected chi connectivity index (χ3v) is 8.24. The molecule has 5 heterocycles. The van der Waals surface area contributed by atoms with Crippen molar-refractivity contribution < 1.29 is 4.74 Å². The van der Waals surface area contributed by atoms with Gasteiger partial charge in [0, 0.05) is 22.4 Å². The van der Waals surface area contributed by atoms with E-state index in [-0.39, 0.29) is 11.7 Å². The Morgan fingerprint density at radius 1 is 1.20 bits per heavy atom. The number of piperidine rings is 1. The van der Waals surface area contributed by atoms with Crippen molar-refractivity contribution >= 4 is 32.9 Å². The highest BCUT2D eigenvalue weighted by Gasteiger charge is 2.24. The first-order valence-corrected chi connectivity index (χ1v) is 12.8. The van der Waals surface area contributed by atoms with Gasteiger partial charge < -0.3 is 4.74 Å². The maximum absolute atomic E-state index is 13.8. The van der Waals surface area contributed by atoms with E-state index in [0.29, 0.717) is 6.54 Å². The third kappa shape index (κ3) is 4.13. The van der Waals surface area contributed by atoms with Crippen molar-refractivity contribution in [2.45, 2.75) is 58.2 Å². The van der Waals surface area contributed by atoms with E-state index in [9.17, 15) is 4.79 Å². The first-order chi connectivity index (χ1) is 14.7. The zero-order valence-electron chi connectivity index (χ0n) is 17.5. The summed E-state index contributed by atoms with van der Waals surface area (Å²) < 4.78 is 7.93. The monoisotopic (exact) mass is 443 g/mol. The Balaban J connectivity index is 1.55. The summed E-state index contributed by atoms with van der Waals surface area (Å²) in [5.74, 6) is 1.69. The number of hydrogen-bond donors (Lipinski definition) is 0. The van der Waals surface area contributed by atoms with Crippen molar-refractivity contribution in [2.75, 3.05) is 19.7 Å². The molecule has 3 aromatic rings. The van der Waals surface area contributed by atoms with Gasteiger partial charge in [0.2, 0.25) is 0 Å². The lowest BCUT2D eigenvalue weighted by atomic mass is 9.99. The Hall–Kier alpha value is -1.54. The van der Waals surface area contributed by atoms with E-state index in [2.05, 4.69) is 28.7 Å². The van der Waals surface area contributed by atoms with Gasteiger partial charge in [-0.05, 0) is 62.6 Å². The third-order valence-electron chi connectivity index (χ3n) is 6.46. The van der Waals surface area contributed by atoms with Gasteiger partial charge in [-0.15, -0.1) is 22.7 Å². The molecule has 0 aromatic carbocycles. The molecule has 5 nitrogen and oxygen atoms in total. The van der Waals surface area contributed by atoms with Crippen molar-refractivity contribution in [1.82, 2.24) is 14.5 Å². The minimum absolute atomic E-state index is 0.0965. The minimum atomic E-state index is 0.0965. The van der Waals surface area contributed by atoms with Crippen LogP contribution in [0.3, 0.4) is 0 Å².